The van der Waals surface area contributed by atoms with Crippen LogP contribution in [0.2, 0.25) is 0 Å². The molecule has 0 unspecified atom stereocenters. The minimum Gasteiger partial charge on any atom is -0.439 e. The fraction of sp³-hybridized carbons (Fsp3) is 0.548. The van der Waals surface area contributed by atoms with E-state index in [1.165, 1.54) is 14.2 Å². The van der Waals surface area contributed by atoms with Crippen molar-refractivity contribution in [2.24, 2.45) is 17.6 Å². The number of ether oxygens (including phenoxy) is 3. The van der Waals surface area contributed by atoms with Crippen molar-refractivity contribution >= 4 is 23.6 Å². The van der Waals surface area contributed by atoms with E-state index in [2.05, 4.69) is 17.2 Å². The first-order chi connectivity index (χ1) is 19.8. The summed E-state index contributed by atoms with van der Waals surface area (Å²) in [5.41, 5.74) is 6.63. The molecular weight excluding hydrogens is 542 g/mol. The van der Waals surface area contributed by atoms with Gasteiger partial charge in [0.05, 0.1) is 29.7 Å². The normalized spacial score (nSPS) is 28.7. The van der Waals surface area contributed by atoms with Gasteiger partial charge in [-0.1, -0.05) is 32.1 Å². The van der Waals surface area contributed by atoms with Crippen LogP contribution >= 0.6 is 0 Å². The molecule has 2 amide bonds. The third kappa shape index (κ3) is 9.23. The Morgan fingerprint density at radius 2 is 1.86 bits per heavy atom. The molecule has 2 rings (SSSR count). The molecule has 42 heavy (non-hydrogen) atoms. The molecule has 6 atom stereocenters. The molecule has 0 radical (unpaired) electrons. The molecule has 1 heterocycles. The van der Waals surface area contributed by atoms with Crippen molar-refractivity contribution in [2.75, 3.05) is 20.8 Å². The smallest absolute Gasteiger partial charge is 0.405 e. The highest BCUT2D eigenvalue weighted by Crippen LogP contribution is 2.29. The summed E-state index contributed by atoms with van der Waals surface area (Å²) in [6.07, 6.45) is 3.53. The van der Waals surface area contributed by atoms with Crippen LogP contribution in [0.4, 0.5) is 4.79 Å². The zero-order valence-electron chi connectivity index (χ0n) is 25.4. The SMILES string of the molecule is C=CCNC1=C2C[C@@H](C)C[C@H](OC)[C@H](O)[C@@H](C)C=C(C)[C@H](OC(N)=O)[C@@H](OC)CCC=C(C)C(=O)NC(=CC1=O)C2=O. The second-order valence-corrected chi connectivity index (χ2v) is 10.9. The van der Waals surface area contributed by atoms with Crippen LogP contribution in [-0.4, -0.2) is 73.9 Å². The molecule has 5 N–H and O–H groups in total. The molecule has 0 aromatic heterocycles. The molecule has 11 heteroatoms. The monoisotopic (exact) mass is 587 g/mol. The zero-order chi connectivity index (χ0) is 31.6. The van der Waals surface area contributed by atoms with E-state index in [9.17, 15) is 24.3 Å². The molecule has 1 aliphatic heterocycles. The Morgan fingerprint density at radius 1 is 1.19 bits per heavy atom. The summed E-state index contributed by atoms with van der Waals surface area (Å²) in [4.78, 5) is 51.4. The Labute approximate surface area is 247 Å². The van der Waals surface area contributed by atoms with Crippen LogP contribution in [0.25, 0.3) is 0 Å². The molecular formula is C31H45N3O8. The molecule has 0 saturated carbocycles. The van der Waals surface area contributed by atoms with Crippen molar-refractivity contribution in [2.45, 2.75) is 77.8 Å². The van der Waals surface area contributed by atoms with Crippen molar-refractivity contribution in [3.8, 4) is 0 Å². The van der Waals surface area contributed by atoms with Gasteiger partial charge in [-0.3, -0.25) is 14.4 Å². The van der Waals surface area contributed by atoms with E-state index in [0.717, 1.165) is 6.08 Å². The topological polar surface area (TPSA) is 166 Å². The summed E-state index contributed by atoms with van der Waals surface area (Å²) in [5, 5.41) is 16.8. The van der Waals surface area contributed by atoms with Gasteiger partial charge >= 0.3 is 6.09 Å². The highest BCUT2D eigenvalue weighted by Gasteiger charge is 2.33. The van der Waals surface area contributed by atoms with Crippen molar-refractivity contribution in [3.05, 3.63) is 59.0 Å². The number of allylic oxidation sites excluding steroid dienone is 3. The quantitative estimate of drug-likeness (QED) is 0.270. The van der Waals surface area contributed by atoms with E-state index in [4.69, 9.17) is 19.9 Å². The number of amides is 2. The summed E-state index contributed by atoms with van der Waals surface area (Å²) < 4.78 is 16.7. The molecule has 11 nitrogen and oxygen atoms in total. The fourth-order valence-corrected chi connectivity index (χ4v) is 5.26. The fourth-order valence-electron chi connectivity index (χ4n) is 5.26. The third-order valence-electron chi connectivity index (χ3n) is 7.54. The van der Waals surface area contributed by atoms with Gasteiger partial charge in [0.2, 0.25) is 11.6 Å². The minimum absolute atomic E-state index is 0.108. The van der Waals surface area contributed by atoms with Gasteiger partial charge in [0.25, 0.3) is 5.91 Å². The number of hydrogen-bond acceptors (Lipinski definition) is 9. The number of aliphatic hydroxyl groups excluding tert-OH is 1. The van der Waals surface area contributed by atoms with E-state index in [0.29, 0.717) is 30.4 Å². The molecule has 232 valence electrons. The molecule has 0 aromatic carbocycles. The summed E-state index contributed by atoms with van der Waals surface area (Å²) in [6.45, 7) is 11.0. The number of ketones is 2. The number of nitrogens with two attached hydrogens (primary N) is 1. The predicted octanol–water partition coefficient (Wildman–Crippen LogP) is 2.76. The van der Waals surface area contributed by atoms with Gasteiger partial charge in [-0.2, -0.15) is 0 Å². The van der Waals surface area contributed by atoms with Crippen molar-refractivity contribution in [1.29, 1.82) is 0 Å². The number of fused-ring (bicyclic) bond motifs is 2. The van der Waals surface area contributed by atoms with Crippen molar-refractivity contribution in [3.63, 3.8) is 0 Å². The van der Waals surface area contributed by atoms with Crippen LogP contribution in [0.5, 0.6) is 0 Å². The molecule has 2 aliphatic rings. The highest BCUT2D eigenvalue weighted by atomic mass is 16.6. The molecule has 0 fully saturated rings. The molecule has 2 bridgehead atoms. The summed E-state index contributed by atoms with van der Waals surface area (Å²) in [7, 11) is 2.98. The maximum absolute atomic E-state index is 13.6. The zero-order valence-corrected chi connectivity index (χ0v) is 25.4. The van der Waals surface area contributed by atoms with Gasteiger partial charge < -0.3 is 35.7 Å². The van der Waals surface area contributed by atoms with Gasteiger partial charge in [0, 0.05) is 43.9 Å². The Kier molecular flexibility index (Phi) is 13.4. The summed E-state index contributed by atoms with van der Waals surface area (Å²) in [6, 6.07) is 0. The number of carbonyl (C=O) groups excluding carboxylic acids is 4. The van der Waals surface area contributed by atoms with Crippen LogP contribution in [0, 0.1) is 11.8 Å². The first-order valence-corrected chi connectivity index (χ1v) is 14.1. The van der Waals surface area contributed by atoms with Crippen LogP contribution in [0.3, 0.4) is 0 Å². The number of hydrogen-bond donors (Lipinski definition) is 4. The maximum Gasteiger partial charge on any atom is 0.405 e. The Hall–Kier alpha value is -3.54. The number of carbonyl (C=O) groups is 4. The first-order valence-electron chi connectivity index (χ1n) is 14.1. The minimum atomic E-state index is -0.967. The average Bonchev–Trinajstić information content (AvgIpc) is 2.94. The number of methoxy groups -OCH3 is 2. The van der Waals surface area contributed by atoms with Crippen molar-refractivity contribution in [1.82, 2.24) is 10.6 Å². The lowest BCUT2D eigenvalue weighted by atomic mass is 9.85. The third-order valence-corrected chi connectivity index (χ3v) is 7.54. The number of aliphatic hydroxyl groups is 1. The van der Waals surface area contributed by atoms with Crippen LogP contribution in [0.15, 0.2) is 59.0 Å². The van der Waals surface area contributed by atoms with E-state index in [1.54, 1.807) is 32.1 Å². The van der Waals surface area contributed by atoms with E-state index >= 15 is 0 Å². The summed E-state index contributed by atoms with van der Waals surface area (Å²) >= 11 is 0. The molecule has 0 spiro atoms. The largest absolute Gasteiger partial charge is 0.439 e. The van der Waals surface area contributed by atoms with Gasteiger partial charge in [-0.15, -0.1) is 6.58 Å². The molecule has 0 saturated heterocycles. The lowest BCUT2D eigenvalue weighted by Gasteiger charge is -2.30. The number of Topliss-reactive ketones (excluding diaryl/α,β-unsaturated/α-hetero) is 1. The number of primary amides is 1. The highest BCUT2D eigenvalue weighted by molar-refractivity contribution is 6.23. The Morgan fingerprint density at radius 3 is 2.45 bits per heavy atom. The second-order valence-electron chi connectivity index (χ2n) is 10.9. The first kappa shape index (κ1) is 34.7. The van der Waals surface area contributed by atoms with Gasteiger partial charge in [0.1, 0.15) is 0 Å². The lowest BCUT2D eigenvalue weighted by Crippen LogP contribution is -2.38. The summed E-state index contributed by atoms with van der Waals surface area (Å²) in [5.74, 6) is -2.03. The average molecular weight is 588 g/mol. The predicted molar refractivity (Wildman–Crippen MR) is 158 cm³/mol. The molecule has 0 aromatic rings. The number of nitrogens with one attached hydrogen (secondary N) is 2. The van der Waals surface area contributed by atoms with E-state index < -0.39 is 53.9 Å². The maximum atomic E-state index is 13.6. The standard InChI is InChI=1S/C31H45N3O8/c1-8-12-33-26-21-13-17(2)14-25(41-7)27(36)19(4)15-20(5)29(42-31(32)39)24(40-6)11-9-10-18(3)30(38)34-22(28(21)37)16-23(26)35/h8,10,15-17,19,24-25,27,29,33,36H,1,9,11-14H2,2-7H3,(H2,32,39)(H,34,38)/t17-,19+,24+,25+,27-,29+/m1/s1. The van der Waals surface area contributed by atoms with E-state index in [-0.39, 0.29) is 35.9 Å². The van der Waals surface area contributed by atoms with Crippen molar-refractivity contribution < 1.29 is 38.5 Å². The molecule has 1 aliphatic carbocycles. The van der Waals surface area contributed by atoms with E-state index in [1.807, 2.05) is 13.8 Å². The van der Waals surface area contributed by atoms with Crippen LogP contribution < -0.4 is 16.4 Å². The van der Waals surface area contributed by atoms with Crippen LogP contribution in [0.1, 0.15) is 53.4 Å². The Balaban J connectivity index is 2.57. The van der Waals surface area contributed by atoms with Gasteiger partial charge in [-0.05, 0) is 51.0 Å². The van der Waals surface area contributed by atoms with Crippen LogP contribution in [-0.2, 0) is 28.6 Å². The lowest BCUT2D eigenvalue weighted by molar-refractivity contribution is -0.120. The Bertz CT molecular complexity index is 1170. The second kappa shape index (κ2) is 16.2. The van der Waals surface area contributed by atoms with Gasteiger partial charge in [0.15, 0.2) is 6.10 Å². The number of rotatable bonds is 6. The van der Waals surface area contributed by atoms with Gasteiger partial charge in [-0.25, -0.2) is 4.79 Å².